The van der Waals surface area contributed by atoms with Gasteiger partial charge in [0, 0.05) is 25.3 Å². The molecule has 2 amide bonds. The van der Waals surface area contributed by atoms with Crippen LogP contribution in [0.3, 0.4) is 0 Å². The molecule has 0 aromatic heterocycles. The largest absolute Gasteiger partial charge is 0.484 e. The fraction of sp³-hybridized carbons (Fsp3) is 0.333. The van der Waals surface area contributed by atoms with Crippen molar-refractivity contribution < 1.29 is 31.9 Å². The van der Waals surface area contributed by atoms with Gasteiger partial charge in [-0.25, -0.2) is 12.8 Å². The van der Waals surface area contributed by atoms with E-state index in [0.29, 0.717) is 18.0 Å². The topological polar surface area (TPSA) is 114 Å². The van der Waals surface area contributed by atoms with Crippen molar-refractivity contribution in [3.05, 3.63) is 53.8 Å². The van der Waals surface area contributed by atoms with Crippen LogP contribution in [0.4, 0.5) is 10.1 Å². The number of anilines is 1. The Morgan fingerprint density at radius 1 is 1.12 bits per heavy atom. The van der Waals surface area contributed by atoms with Gasteiger partial charge in [0.25, 0.3) is 11.8 Å². The smallest absolute Gasteiger partial charge is 0.258 e. The molecule has 1 aliphatic rings. The average molecular weight is 466 g/mol. The molecular formula is C21H24FN3O6S. The molecule has 172 valence electrons. The van der Waals surface area contributed by atoms with Gasteiger partial charge in [-0.1, -0.05) is 0 Å². The summed E-state index contributed by atoms with van der Waals surface area (Å²) >= 11 is 0. The monoisotopic (exact) mass is 465 g/mol. The number of sulfonamides is 1. The molecule has 0 aliphatic carbocycles. The van der Waals surface area contributed by atoms with E-state index in [9.17, 15) is 22.4 Å². The summed E-state index contributed by atoms with van der Waals surface area (Å²) in [5, 5.41) is 5.13. The maximum atomic E-state index is 14.3. The van der Waals surface area contributed by atoms with Gasteiger partial charge in [-0.15, -0.1) is 0 Å². The first-order chi connectivity index (χ1) is 15.3. The molecule has 0 unspecified atom stereocenters. The number of morpholine rings is 1. The minimum Gasteiger partial charge on any atom is -0.484 e. The average Bonchev–Trinajstić information content (AvgIpc) is 2.79. The lowest BCUT2D eigenvalue weighted by molar-refractivity contribution is -0.122. The van der Waals surface area contributed by atoms with Crippen molar-refractivity contribution in [2.45, 2.75) is 11.8 Å². The highest BCUT2D eigenvalue weighted by atomic mass is 32.2. The predicted molar refractivity (Wildman–Crippen MR) is 115 cm³/mol. The first-order valence-corrected chi connectivity index (χ1v) is 11.4. The number of carbonyl (C=O) groups excluding carboxylic acids is 2. The Labute approximate surface area is 185 Å². The molecular weight excluding hydrogens is 441 g/mol. The number of amides is 2. The number of likely N-dealkylation sites (N-methyl/N-ethyl adjacent to an activating group) is 1. The van der Waals surface area contributed by atoms with Crippen LogP contribution in [-0.2, 0) is 19.6 Å². The maximum absolute atomic E-state index is 14.3. The number of ether oxygens (including phenoxy) is 2. The number of benzene rings is 2. The SMILES string of the molecule is CCNC(=O)COc1ccc(NC(=O)c2cc(S(=O)(=O)N3CCOCC3)ccc2F)cc1. The van der Waals surface area contributed by atoms with Gasteiger partial charge in [-0.3, -0.25) is 9.59 Å². The predicted octanol–water partition coefficient (Wildman–Crippen LogP) is 1.61. The molecule has 1 saturated heterocycles. The van der Waals surface area contributed by atoms with Gasteiger partial charge in [0.15, 0.2) is 6.61 Å². The number of carbonyl (C=O) groups is 2. The third-order valence-electron chi connectivity index (χ3n) is 4.65. The van der Waals surface area contributed by atoms with Crippen LogP contribution in [0.15, 0.2) is 47.4 Å². The Bertz CT molecular complexity index is 1070. The van der Waals surface area contributed by atoms with Crippen molar-refractivity contribution in [1.29, 1.82) is 0 Å². The quantitative estimate of drug-likeness (QED) is 0.612. The molecule has 1 fully saturated rings. The van der Waals surface area contributed by atoms with Gasteiger partial charge in [0.05, 0.1) is 23.7 Å². The van der Waals surface area contributed by atoms with Gasteiger partial charge >= 0.3 is 0 Å². The summed E-state index contributed by atoms with van der Waals surface area (Å²) in [5.41, 5.74) is -0.0444. The zero-order valence-electron chi connectivity index (χ0n) is 17.5. The number of rotatable bonds is 8. The van der Waals surface area contributed by atoms with Crippen LogP contribution >= 0.6 is 0 Å². The van der Waals surface area contributed by atoms with Crippen LogP contribution in [0.5, 0.6) is 5.75 Å². The van der Waals surface area contributed by atoms with Crippen LogP contribution in [0, 0.1) is 5.82 Å². The lowest BCUT2D eigenvalue weighted by atomic mass is 10.2. The summed E-state index contributed by atoms with van der Waals surface area (Å²) in [6.07, 6.45) is 0. The van der Waals surface area contributed by atoms with Gasteiger partial charge in [-0.05, 0) is 49.4 Å². The second kappa shape index (κ2) is 10.5. The first kappa shape index (κ1) is 23.6. The maximum Gasteiger partial charge on any atom is 0.258 e. The molecule has 0 saturated carbocycles. The Balaban J connectivity index is 1.70. The van der Waals surface area contributed by atoms with Crippen molar-refractivity contribution in [1.82, 2.24) is 9.62 Å². The molecule has 3 rings (SSSR count). The van der Waals surface area contributed by atoms with Crippen LogP contribution in [0.25, 0.3) is 0 Å². The third-order valence-corrected chi connectivity index (χ3v) is 6.54. The lowest BCUT2D eigenvalue weighted by Gasteiger charge is -2.26. The van der Waals surface area contributed by atoms with Crippen LogP contribution in [0.1, 0.15) is 17.3 Å². The van der Waals surface area contributed by atoms with Gasteiger partial charge in [-0.2, -0.15) is 4.31 Å². The molecule has 2 aromatic carbocycles. The molecule has 1 heterocycles. The summed E-state index contributed by atoms with van der Waals surface area (Å²) < 4.78 is 51.6. The molecule has 32 heavy (non-hydrogen) atoms. The summed E-state index contributed by atoms with van der Waals surface area (Å²) in [7, 11) is -3.87. The molecule has 0 atom stereocenters. The third kappa shape index (κ3) is 5.81. The fourth-order valence-electron chi connectivity index (χ4n) is 3.00. The van der Waals surface area contributed by atoms with Crippen LogP contribution in [-0.4, -0.2) is 64.0 Å². The van der Waals surface area contributed by atoms with E-state index in [1.54, 1.807) is 19.1 Å². The minimum atomic E-state index is -3.87. The van der Waals surface area contributed by atoms with E-state index in [2.05, 4.69) is 10.6 Å². The molecule has 0 spiro atoms. The van der Waals surface area contributed by atoms with Crippen LogP contribution in [0.2, 0.25) is 0 Å². The molecule has 9 nitrogen and oxygen atoms in total. The Kier molecular flexibility index (Phi) is 7.78. The van der Waals surface area contributed by atoms with E-state index in [1.807, 2.05) is 0 Å². The molecule has 0 bridgehead atoms. The van der Waals surface area contributed by atoms with Gasteiger partial charge < -0.3 is 20.1 Å². The van der Waals surface area contributed by atoms with Crippen molar-refractivity contribution >= 4 is 27.5 Å². The van der Waals surface area contributed by atoms with E-state index < -0.39 is 27.3 Å². The number of hydrogen-bond donors (Lipinski definition) is 2. The van der Waals surface area contributed by atoms with E-state index in [-0.39, 0.29) is 43.7 Å². The Morgan fingerprint density at radius 3 is 2.47 bits per heavy atom. The Hall–Kier alpha value is -3.02. The number of hydrogen-bond acceptors (Lipinski definition) is 6. The van der Waals surface area contributed by atoms with Crippen LogP contribution < -0.4 is 15.4 Å². The highest BCUT2D eigenvalue weighted by Crippen LogP contribution is 2.22. The summed E-state index contributed by atoms with van der Waals surface area (Å²) in [5.74, 6) is -1.48. The fourth-order valence-corrected chi connectivity index (χ4v) is 4.44. The molecule has 1 aliphatic heterocycles. The van der Waals surface area contributed by atoms with Gasteiger partial charge in [0.1, 0.15) is 11.6 Å². The number of halogens is 1. The second-order valence-electron chi connectivity index (χ2n) is 6.88. The number of nitrogens with zero attached hydrogens (tertiary/aromatic N) is 1. The minimum absolute atomic E-state index is 0.144. The van der Waals surface area contributed by atoms with Crippen molar-refractivity contribution in [3.63, 3.8) is 0 Å². The summed E-state index contributed by atoms with van der Waals surface area (Å²) in [6.45, 7) is 3.08. The normalized spacial score (nSPS) is 14.6. The van der Waals surface area contributed by atoms with Crippen molar-refractivity contribution in [2.75, 3.05) is 44.8 Å². The first-order valence-electron chi connectivity index (χ1n) is 9.99. The van der Waals surface area contributed by atoms with Crippen molar-refractivity contribution in [3.8, 4) is 5.75 Å². The molecule has 11 heteroatoms. The zero-order chi connectivity index (χ0) is 23.1. The number of nitrogens with one attached hydrogen (secondary N) is 2. The molecule has 2 N–H and O–H groups in total. The summed E-state index contributed by atoms with van der Waals surface area (Å²) in [4.78, 5) is 23.9. The van der Waals surface area contributed by atoms with E-state index >= 15 is 0 Å². The van der Waals surface area contributed by atoms with Crippen molar-refractivity contribution in [2.24, 2.45) is 0 Å². The van der Waals surface area contributed by atoms with E-state index in [1.165, 1.54) is 16.4 Å². The standard InChI is InChI=1S/C21H24FN3O6S/c1-2-23-20(26)14-31-16-5-3-15(4-6-16)24-21(27)18-13-17(7-8-19(18)22)32(28,29)25-9-11-30-12-10-25/h3-8,13H,2,9-12,14H2,1H3,(H,23,26)(H,24,27). The molecule has 0 radical (unpaired) electrons. The highest BCUT2D eigenvalue weighted by molar-refractivity contribution is 7.89. The zero-order valence-corrected chi connectivity index (χ0v) is 18.3. The molecule has 2 aromatic rings. The van der Waals surface area contributed by atoms with Gasteiger partial charge in [0.2, 0.25) is 10.0 Å². The highest BCUT2D eigenvalue weighted by Gasteiger charge is 2.28. The lowest BCUT2D eigenvalue weighted by Crippen LogP contribution is -2.40. The Morgan fingerprint density at radius 2 is 1.81 bits per heavy atom. The summed E-state index contributed by atoms with van der Waals surface area (Å²) in [6, 6.07) is 9.26. The van der Waals surface area contributed by atoms with E-state index in [4.69, 9.17) is 9.47 Å². The second-order valence-corrected chi connectivity index (χ2v) is 8.82. The van der Waals surface area contributed by atoms with E-state index in [0.717, 1.165) is 18.2 Å².